The zero-order chi connectivity index (χ0) is 23.8. The summed E-state index contributed by atoms with van der Waals surface area (Å²) in [6.07, 6.45) is 10.9. The predicted octanol–water partition coefficient (Wildman–Crippen LogP) is 4.97. The topological polar surface area (TPSA) is 125 Å². The Morgan fingerprint density at radius 1 is 0.914 bits per heavy atom. The highest BCUT2D eigenvalue weighted by Gasteiger charge is 2.15. The lowest BCUT2D eigenvalue weighted by Gasteiger charge is -2.06. The van der Waals surface area contributed by atoms with Crippen molar-refractivity contribution in [3.05, 3.63) is 73.6 Å². The molecule has 0 spiro atoms. The van der Waals surface area contributed by atoms with Crippen LogP contribution >= 0.6 is 0 Å². The summed E-state index contributed by atoms with van der Waals surface area (Å²) in [4.78, 5) is 32.9. The van der Waals surface area contributed by atoms with Crippen molar-refractivity contribution in [1.29, 1.82) is 0 Å². The molecular formula is C26H20N8O. The minimum Gasteiger partial charge on any atom is -0.352 e. The van der Waals surface area contributed by atoms with E-state index in [1.165, 1.54) is 0 Å². The van der Waals surface area contributed by atoms with Crippen LogP contribution in [0.3, 0.4) is 0 Å². The summed E-state index contributed by atoms with van der Waals surface area (Å²) < 4.78 is 0. The fraction of sp³-hybridized carbons (Fsp3) is 0.0769. The Kier molecular flexibility index (Phi) is 4.99. The lowest BCUT2D eigenvalue weighted by molar-refractivity contribution is -0.115. The first-order valence-corrected chi connectivity index (χ1v) is 11.2. The zero-order valence-electron chi connectivity index (χ0n) is 18.8. The van der Waals surface area contributed by atoms with Crippen molar-refractivity contribution in [2.75, 3.05) is 5.32 Å². The van der Waals surface area contributed by atoms with E-state index in [9.17, 15) is 4.79 Å². The second-order valence-corrected chi connectivity index (χ2v) is 8.10. The second kappa shape index (κ2) is 8.45. The third kappa shape index (κ3) is 3.78. The largest absolute Gasteiger partial charge is 0.352 e. The highest BCUT2D eigenvalue weighted by Crippen LogP contribution is 2.33. The van der Waals surface area contributed by atoms with Crippen LogP contribution in [0.25, 0.3) is 55.7 Å². The van der Waals surface area contributed by atoms with Crippen LogP contribution in [-0.2, 0) is 4.79 Å². The third-order valence-corrected chi connectivity index (χ3v) is 5.83. The number of hydrogen-bond acceptors (Lipinski definition) is 6. The number of rotatable bonds is 5. The van der Waals surface area contributed by atoms with E-state index in [0.717, 1.165) is 55.7 Å². The maximum absolute atomic E-state index is 11.8. The van der Waals surface area contributed by atoms with Gasteiger partial charge in [0.25, 0.3) is 0 Å². The van der Waals surface area contributed by atoms with Gasteiger partial charge in [-0.1, -0.05) is 13.0 Å². The van der Waals surface area contributed by atoms with Gasteiger partial charge in [0.15, 0.2) is 0 Å². The molecule has 0 radical (unpaired) electrons. The van der Waals surface area contributed by atoms with Crippen molar-refractivity contribution < 1.29 is 4.79 Å². The quantitative estimate of drug-likeness (QED) is 0.333. The van der Waals surface area contributed by atoms with Crippen LogP contribution in [0.2, 0.25) is 0 Å². The molecular weight excluding hydrogens is 440 g/mol. The lowest BCUT2D eigenvalue weighted by atomic mass is 10.1. The van der Waals surface area contributed by atoms with Crippen molar-refractivity contribution in [2.45, 2.75) is 13.3 Å². The van der Waals surface area contributed by atoms with Gasteiger partial charge >= 0.3 is 0 Å². The molecule has 0 aliphatic rings. The summed E-state index contributed by atoms with van der Waals surface area (Å²) in [6, 6.07) is 11.7. The smallest absolute Gasteiger partial charge is 0.224 e. The number of amides is 1. The third-order valence-electron chi connectivity index (χ3n) is 5.83. The highest BCUT2D eigenvalue weighted by atomic mass is 16.1. The molecule has 0 fully saturated rings. The monoisotopic (exact) mass is 460 g/mol. The number of carbonyl (C=O) groups excluding carboxylic acids is 1. The van der Waals surface area contributed by atoms with E-state index < -0.39 is 0 Å². The Bertz CT molecular complexity index is 1690. The molecule has 6 aromatic rings. The van der Waals surface area contributed by atoms with E-state index in [1.54, 1.807) is 31.0 Å². The van der Waals surface area contributed by atoms with Crippen LogP contribution in [0.1, 0.15) is 13.3 Å². The SMILES string of the molecule is CCC(=O)Nc1cncc(-c2cc3c(-c4cc5c(-c6ccccn6)cncc5[nH]4)n[nH]c3cn2)c1. The van der Waals surface area contributed by atoms with Gasteiger partial charge in [-0.15, -0.1) is 0 Å². The molecule has 0 unspecified atom stereocenters. The summed E-state index contributed by atoms with van der Waals surface area (Å²) in [5.74, 6) is -0.0668. The van der Waals surface area contributed by atoms with E-state index >= 15 is 0 Å². The Morgan fingerprint density at radius 2 is 1.83 bits per heavy atom. The number of nitrogens with one attached hydrogen (secondary N) is 3. The molecule has 0 saturated heterocycles. The maximum Gasteiger partial charge on any atom is 0.224 e. The minimum atomic E-state index is -0.0668. The Labute approximate surface area is 199 Å². The van der Waals surface area contributed by atoms with Gasteiger partial charge in [0, 0.05) is 46.9 Å². The van der Waals surface area contributed by atoms with E-state index in [0.29, 0.717) is 12.1 Å². The van der Waals surface area contributed by atoms with Crippen LogP contribution < -0.4 is 5.32 Å². The molecule has 3 N–H and O–H groups in total. The minimum absolute atomic E-state index is 0.0668. The first kappa shape index (κ1) is 20.7. The standard InChI is InChI=1S/C26H20N8O/c1-2-25(35)31-16-7-15(10-27-11-16)21-9-18-24(14-30-21)33-34-26(18)22-8-17-19(12-28-13-23(17)32-22)20-5-3-4-6-29-20/h3-14,32H,2H2,1H3,(H,31,35)(H,33,34). The molecule has 1 amide bonds. The van der Waals surface area contributed by atoms with Crippen molar-refractivity contribution in [3.8, 4) is 33.9 Å². The van der Waals surface area contributed by atoms with Gasteiger partial charge in [0.1, 0.15) is 5.69 Å². The van der Waals surface area contributed by atoms with Crippen molar-refractivity contribution in [3.63, 3.8) is 0 Å². The molecule has 0 aliphatic heterocycles. The number of hydrogen-bond donors (Lipinski definition) is 3. The molecule has 6 heterocycles. The van der Waals surface area contributed by atoms with Crippen LogP contribution in [-0.4, -0.2) is 41.0 Å². The maximum atomic E-state index is 11.8. The fourth-order valence-corrected chi connectivity index (χ4v) is 4.08. The number of anilines is 1. The normalized spacial score (nSPS) is 11.2. The zero-order valence-corrected chi connectivity index (χ0v) is 18.8. The van der Waals surface area contributed by atoms with Gasteiger partial charge in [0.05, 0.1) is 52.4 Å². The Morgan fingerprint density at radius 3 is 2.69 bits per heavy atom. The number of aromatic nitrogens is 7. The number of aromatic amines is 2. The average Bonchev–Trinajstić information content (AvgIpc) is 3.53. The van der Waals surface area contributed by atoms with E-state index in [-0.39, 0.29) is 5.91 Å². The Hall–Kier alpha value is -4.92. The molecule has 6 rings (SSSR count). The number of H-pyrrole nitrogens is 2. The average molecular weight is 461 g/mol. The molecule has 6 aromatic heterocycles. The molecule has 9 heteroatoms. The van der Waals surface area contributed by atoms with Gasteiger partial charge in [0.2, 0.25) is 5.91 Å². The molecule has 0 aliphatic carbocycles. The molecule has 0 aromatic carbocycles. The first-order chi connectivity index (χ1) is 17.2. The number of pyridine rings is 4. The molecule has 0 bridgehead atoms. The molecule has 0 atom stereocenters. The van der Waals surface area contributed by atoms with Crippen LogP contribution in [0.4, 0.5) is 5.69 Å². The van der Waals surface area contributed by atoms with Gasteiger partial charge in [-0.2, -0.15) is 5.10 Å². The van der Waals surface area contributed by atoms with E-state index in [1.807, 2.05) is 43.5 Å². The summed E-state index contributed by atoms with van der Waals surface area (Å²) in [5, 5.41) is 12.4. The summed E-state index contributed by atoms with van der Waals surface area (Å²) in [7, 11) is 0. The van der Waals surface area contributed by atoms with Crippen LogP contribution in [0.5, 0.6) is 0 Å². The number of fused-ring (bicyclic) bond motifs is 2. The Balaban J connectivity index is 1.43. The lowest BCUT2D eigenvalue weighted by Crippen LogP contribution is -2.09. The van der Waals surface area contributed by atoms with Crippen molar-refractivity contribution >= 4 is 33.4 Å². The van der Waals surface area contributed by atoms with E-state index in [4.69, 9.17) is 0 Å². The molecule has 35 heavy (non-hydrogen) atoms. The second-order valence-electron chi connectivity index (χ2n) is 8.10. The number of nitrogens with zero attached hydrogens (tertiary/aromatic N) is 5. The van der Waals surface area contributed by atoms with Gasteiger partial charge in [-0.25, -0.2) is 0 Å². The van der Waals surface area contributed by atoms with E-state index in [2.05, 4.69) is 46.5 Å². The van der Waals surface area contributed by atoms with Crippen molar-refractivity contribution in [2.24, 2.45) is 0 Å². The first-order valence-electron chi connectivity index (χ1n) is 11.2. The molecule has 0 saturated carbocycles. The molecule has 170 valence electrons. The van der Waals surface area contributed by atoms with Crippen LogP contribution in [0, 0.1) is 0 Å². The summed E-state index contributed by atoms with van der Waals surface area (Å²) in [6.45, 7) is 1.81. The molecule has 9 nitrogen and oxygen atoms in total. The summed E-state index contributed by atoms with van der Waals surface area (Å²) >= 11 is 0. The van der Waals surface area contributed by atoms with Gasteiger partial charge < -0.3 is 10.3 Å². The highest BCUT2D eigenvalue weighted by molar-refractivity contribution is 6.00. The number of carbonyl (C=O) groups is 1. The van der Waals surface area contributed by atoms with Gasteiger partial charge in [-0.3, -0.25) is 29.8 Å². The van der Waals surface area contributed by atoms with Gasteiger partial charge in [-0.05, 0) is 30.3 Å². The van der Waals surface area contributed by atoms with Crippen molar-refractivity contribution in [1.82, 2.24) is 35.1 Å². The fourth-order valence-electron chi connectivity index (χ4n) is 4.08. The van der Waals surface area contributed by atoms with Crippen LogP contribution in [0.15, 0.2) is 73.6 Å². The predicted molar refractivity (Wildman–Crippen MR) is 134 cm³/mol. The summed E-state index contributed by atoms with van der Waals surface area (Å²) in [5.41, 5.74) is 7.31.